The van der Waals surface area contributed by atoms with E-state index in [1.807, 2.05) is 42.5 Å². The molecule has 0 saturated carbocycles. The highest BCUT2D eigenvalue weighted by Gasteiger charge is 2.13. The van der Waals surface area contributed by atoms with Crippen molar-refractivity contribution in [3.63, 3.8) is 0 Å². The van der Waals surface area contributed by atoms with Crippen LogP contribution >= 0.6 is 22.9 Å². The number of halogens is 1. The first kappa shape index (κ1) is 12.2. The summed E-state index contributed by atoms with van der Waals surface area (Å²) in [5.74, 6) is 0.251. The zero-order chi connectivity index (χ0) is 13.2. The molecule has 94 valence electrons. The van der Waals surface area contributed by atoms with Crippen LogP contribution in [0.4, 0.5) is 0 Å². The molecule has 0 atom stereocenters. The standard InChI is InChI=1S/C15H10ClNOS/c16-15-17-13(10-4-2-1-3-5-10)14(19-15)11-6-8-12(18)9-7-11/h1-9,18H. The van der Waals surface area contributed by atoms with E-state index in [2.05, 4.69) is 4.98 Å². The number of rotatable bonds is 2. The molecule has 0 aliphatic rings. The minimum atomic E-state index is 0.251. The van der Waals surface area contributed by atoms with Gasteiger partial charge in [-0.25, -0.2) is 4.98 Å². The SMILES string of the molecule is Oc1ccc(-c2sc(Cl)nc2-c2ccccc2)cc1. The quantitative estimate of drug-likeness (QED) is 0.732. The summed E-state index contributed by atoms with van der Waals surface area (Å²) in [6.45, 7) is 0. The van der Waals surface area contributed by atoms with Crippen LogP contribution in [0.1, 0.15) is 0 Å². The maximum Gasteiger partial charge on any atom is 0.184 e. The molecule has 0 aliphatic heterocycles. The fourth-order valence-electron chi connectivity index (χ4n) is 1.89. The molecular formula is C15H10ClNOS. The van der Waals surface area contributed by atoms with Crippen molar-refractivity contribution in [3.05, 3.63) is 59.1 Å². The Balaban J connectivity index is 2.15. The zero-order valence-electron chi connectivity index (χ0n) is 9.88. The van der Waals surface area contributed by atoms with Crippen LogP contribution in [-0.2, 0) is 0 Å². The minimum Gasteiger partial charge on any atom is -0.508 e. The number of phenols is 1. The van der Waals surface area contributed by atoms with Gasteiger partial charge < -0.3 is 5.11 Å². The molecule has 4 heteroatoms. The molecule has 2 aromatic carbocycles. The van der Waals surface area contributed by atoms with E-state index in [4.69, 9.17) is 11.6 Å². The van der Waals surface area contributed by atoms with Crippen LogP contribution in [0.25, 0.3) is 21.7 Å². The molecule has 1 N–H and O–H groups in total. The number of aromatic hydroxyl groups is 1. The average Bonchev–Trinajstić information content (AvgIpc) is 2.83. The van der Waals surface area contributed by atoms with Gasteiger partial charge in [-0.05, 0) is 29.8 Å². The topological polar surface area (TPSA) is 33.1 Å². The van der Waals surface area contributed by atoms with Crippen molar-refractivity contribution in [3.8, 4) is 27.4 Å². The highest BCUT2D eigenvalue weighted by Crippen LogP contribution is 2.38. The number of hydrogen-bond donors (Lipinski definition) is 1. The van der Waals surface area contributed by atoms with Crippen molar-refractivity contribution in [1.82, 2.24) is 4.98 Å². The molecule has 3 rings (SSSR count). The van der Waals surface area contributed by atoms with Crippen LogP contribution in [0.2, 0.25) is 4.47 Å². The van der Waals surface area contributed by atoms with Gasteiger partial charge in [-0.2, -0.15) is 0 Å². The molecule has 0 amide bonds. The van der Waals surface area contributed by atoms with E-state index in [1.165, 1.54) is 11.3 Å². The van der Waals surface area contributed by atoms with E-state index in [1.54, 1.807) is 12.1 Å². The number of phenolic OH excluding ortho intramolecular Hbond substituents is 1. The first-order valence-corrected chi connectivity index (χ1v) is 6.94. The lowest BCUT2D eigenvalue weighted by Gasteiger charge is -2.02. The Bertz CT molecular complexity index is 692. The molecule has 19 heavy (non-hydrogen) atoms. The predicted molar refractivity (Wildman–Crippen MR) is 79.7 cm³/mol. The second-order valence-corrected chi connectivity index (χ2v) is 5.64. The van der Waals surface area contributed by atoms with Crippen molar-refractivity contribution in [1.29, 1.82) is 0 Å². The third kappa shape index (κ3) is 2.48. The van der Waals surface area contributed by atoms with Crippen LogP contribution in [0.3, 0.4) is 0 Å². The first-order valence-electron chi connectivity index (χ1n) is 5.75. The third-order valence-corrected chi connectivity index (χ3v) is 3.99. The summed E-state index contributed by atoms with van der Waals surface area (Å²) in [5.41, 5.74) is 2.91. The molecule has 0 unspecified atom stereocenters. The fraction of sp³-hybridized carbons (Fsp3) is 0. The van der Waals surface area contributed by atoms with Gasteiger partial charge in [0.1, 0.15) is 5.75 Å². The summed E-state index contributed by atoms with van der Waals surface area (Å²) in [5, 5.41) is 9.36. The summed E-state index contributed by atoms with van der Waals surface area (Å²) in [6.07, 6.45) is 0. The van der Waals surface area contributed by atoms with Crippen LogP contribution in [-0.4, -0.2) is 10.1 Å². The van der Waals surface area contributed by atoms with E-state index in [9.17, 15) is 5.11 Å². The third-order valence-electron chi connectivity index (χ3n) is 2.78. The largest absolute Gasteiger partial charge is 0.508 e. The maximum absolute atomic E-state index is 9.36. The molecule has 1 aromatic heterocycles. The minimum absolute atomic E-state index is 0.251. The maximum atomic E-state index is 9.36. The smallest absolute Gasteiger partial charge is 0.184 e. The van der Waals surface area contributed by atoms with Gasteiger partial charge in [0.25, 0.3) is 0 Å². The van der Waals surface area contributed by atoms with Gasteiger partial charge in [-0.3, -0.25) is 0 Å². The molecule has 0 saturated heterocycles. The lowest BCUT2D eigenvalue weighted by Crippen LogP contribution is -1.81. The van der Waals surface area contributed by atoms with Gasteiger partial charge in [-0.15, -0.1) is 11.3 Å². The average molecular weight is 288 g/mol. The Kier molecular flexibility index (Phi) is 3.23. The van der Waals surface area contributed by atoms with Crippen LogP contribution in [0, 0.1) is 0 Å². The van der Waals surface area contributed by atoms with Gasteiger partial charge in [0.05, 0.1) is 10.6 Å². The molecule has 0 radical (unpaired) electrons. The number of nitrogens with zero attached hydrogens (tertiary/aromatic N) is 1. The van der Waals surface area contributed by atoms with Crippen molar-refractivity contribution >= 4 is 22.9 Å². The van der Waals surface area contributed by atoms with Gasteiger partial charge in [0.2, 0.25) is 0 Å². The molecule has 2 nitrogen and oxygen atoms in total. The molecule has 3 aromatic rings. The van der Waals surface area contributed by atoms with Crippen molar-refractivity contribution < 1.29 is 5.11 Å². The van der Waals surface area contributed by atoms with Gasteiger partial charge in [0, 0.05) is 5.56 Å². The Morgan fingerprint density at radius 2 is 1.58 bits per heavy atom. The second kappa shape index (κ2) is 5.03. The predicted octanol–water partition coefficient (Wildman–Crippen LogP) is 4.84. The van der Waals surface area contributed by atoms with E-state index < -0.39 is 0 Å². The highest BCUT2D eigenvalue weighted by atomic mass is 35.5. The van der Waals surface area contributed by atoms with Crippen molar-refractivity contribution in [2.45, 2.75) is 0 Å². The second-order valence-electron chi connectivity index (χ2n) is 4.06. The van der Waals surface area contributed by atoms with E-state index in [-0.39, 0.29) is 5.75 Å². The Hall–Kier alpha value is -1.84. The Labute approximate surface area is 120 Å². The van der Waals surface area contributed by atoms with Gasteiger partial charge in [-0.1, -0.05) is 41.9 Å². The first-order chi connectivity index (χ1) is 9.24. The summed E-state index contributed by atoms with van der Waals surface area (Å²) < 4.78 is 0.516. The van der Waals surface area contributed by atoms with Crippen LogP contribution < -0.4 is 0 Å². The Morgan fingerprint density at radius 1 is 0.895 bits per heavy atom. The van der Waals surface area contributed by atoms with Crippen LogP contribution in [0.5, 0.6) is 5.75 Å². The fourth-order valence-corrected chi connectivity index (χ4v) is 3.03. The van der Waals surface area contributed by atoms with Crippen molar-refractivity contribution in [2.24, 2.45) is 0 Å². The summed E-state index contributed by atoms with van der Waals surface area (Å²) >= 11 is 7.50. The number of benzene rings is 2. The number of thiazole rings is 1. The molecule has 0 aliphatic carbocycles. The molecule has 0 spiro atoms. The molecule has 0 bridgehead atoms. The van der Waals surface area contributed by atoms with Crippen LogP contribution in [0.15, 0.2) is 54.6 Å². The number of hydrogen-bond acceptors (Lipinski definition) is 3. The van der Waals surface area contributed by atoms with E-state index >= 15 is 0 Å². The summed E-state index contributed by atoms with van der Waals surface area (Å²) in [4.78, 5) is 5.41. The highest BCUT2D eigenvalue weighted by molar-refractivity contribution is 7.19. The summed E-state index contributed by atoms with van der Waals surface area (Å²) in [7, 11) is 0. The van der Waals surface area contributed by atoms with E-state index in [0.717, 1.165) is 21.7 Å². The molecule has 0 fully saturated rings. The Morgan fingerprint density at radius 3 is 2.26 bits per heavy atom. The number of aromatic nitrogens is 1. The van der Waals surface area contributed by atoms with E-state index in [0.29, 0.717) is 4.47 Å². The molecular weight excluding hydrogens is 278 g/mol. The van der Waals surface area contributed by atoms with Gasteiger partial charge >= 0.3 is 0 Å². The normalized spacial score (nSPS) is 10.6. The zero-order valence-corrected chi connectivity index (χ0v) is 11.4. The molecule has 1 heterocycles. The van der Waals surface area contributed by atoms with Gasteiger partial charge in [0.15, 0.2) is 4.47 Å². The summed E-state index contributed by atoms with van der Waals surface area (Å²) in [6, 6.07) is 17.0. The van der Waals surface area contributed by atoms with Crippen molar-refractivity contribution in [2.75, 3.05) is 0 Å². The monoisotopic (exact) mass is 287 g/mol. The lowest BCUT2D eigenvalue weighted by molar-refractivity contribution is 0.475. The lowest BCUT2D eigenvalue weighted by atomic mass is 10.1.